The summed E-state index contributed by atoms with van der Waals surface area (Å²) in [5.41, 5.74) is 0.547. The van der Waals surface area contributed by atoms with Gasteiger partial charge >= 0.3 is 5.97 Å². The van der Waals surface area contributed by atoms with E-state index in [9.17, 15) is 9.59 Å². The number of amides is 1. The number of hydrogen-bond donors (Lipinski definition) is 1. The molecule has 0 saturated carbocycles. The second-order valence-electron chi connectivity index (χ2n) is 5.60. The van der Waals surface area contributed by atoms with Gasteiger partial charge in [0.25, 0.3) is 5.91 Å². The minimum Gasteiger partial charge on any atom is -0.492 e. The molecule has 0 aliphatic rings. The normalized spacial score (nSPS) is 11.5. The Morgan fingerprint density at radius 1 is 1.15 bits per heavy atom. The molecule has 0 saturated heterocycles. The topological polar surface area (TPSA) is 64.6 Å². The molecule has 27 heavy (non-hydrogen) atoms. The van der Waals surface area contributed by atoms with Crippen LogP contribution in [-0.2, 0) is 14.3 Å². The first-order valence-electron chi connectivity index (χ1n) is 8.60. The smallest absolute Gasteiger partial charge is 0.307 e. The van der Waals surface area contributed by atoms with Crippen LogP contribution in [0.2, 0.25) is 5.02 Å². The van der Waals surface area contributed by atoms with Gasteiger partial charge in [-0.15, -0.1) is 11.8 Å². The second-order valence-corrected chi connectivity index (χ2v) is 7.21. The highest BCUT2D eigenvalue weighted by molar-refractivity contribution is 7.99. The van der Waals surface area contributed by atoms with Gasteiger partial charge in [-0.05, 0) is 50.2 Å². The molecular formula is C20H22ClNO4S. The molecule has 144 valence electrons. The molecule has 1 amide bonds. The number of thioether (sulfide) groups is 1. The molecule has 2 aromatic carbocycles. The molecule has 1 N–H and O–H groups in total. The molecular weight excluding hydrogens is 386 g/mol. The molecule has 0 heterocycles. The first-order valence-corrected chi connectivity index (χ1v) is 9.96. The fourth-order valence-electron chi connectivity index (χ4n) is 2.18. The Morgan fingerprint density at radius 2 is 1.85 bits per heavy atom. The molecule has 2 aromatic rings. The van der Waals surface area contributed by atoms with E-state index in [2.05, 4.69) is 5.32 Å². The zero-order chi connectivity index (χ0) is 19.6. The molecule has 7 heteroatoms. The van der Waals surface area contributed by atoms with Crippen molar-refractivity contribution in [3.05, 3.63) is 53.6 Å². The van der Waals surface area contributed by atoms with Crippen LogP contribution < -0.4 is 10.1 Å². The molecule has 2 rings (SSSR count). The average Bonchev–Trinajstić information content (AvgIpc) is 2.65. The van der Waals surface area contributed by atoms with Crippen molar-refractivity contribution in [1.29, 1.82) is 0 Å². The highest BCUT2D eigenvalue weighted by Gasteiger charge is 2.19. The fraction of sp³-hybridized carbons (Fsp3) is 0.300. The van der Waals surface area contributed by atoms with Crippen LogP contribution >= 0.6 is 23.4 Å². The Hall–Kier alpha value is -2.18. The number of carbonyl (C=O) groups excluding carboxylic acids is 2. The number of hydrogen-bond acceptors (Lipinski definition) is 5. The molecule has 0 radical (unpaired) electrons. The van der Waals surface area contributed by atoms with Gasteiger partial charge in [-0.2, -0.15) is 0 Å². The maximum Gasteiger partial charge on any atom is 0.307 e. The first-order chi connectivity index (χ1) is 13.0. The summed E-state index contributed by atoms with van der Waals surface area (Å²) in [5, 5.41) is 3.40. The van der Waals surface area contributed by atoms with Crippen LogP contribution in [0.4, 0.5) is 5.69 Å². The monoisotopic (exact) mass is 407 g/mol. The Labute approximate surface area is 168 Å². The van der Waals surface area contributed by atoms with Crippen molar-refractivity contribution < 1.29 is 19.1 Å². The summed E-state index contributed by atoms with van der Waals surface area (Å²) >= 11 is 7.37. The van der Waals surface area contributed by atoms with Crippen molar-refractivity contribution in [2.45, 2.75) is 31.3 Å². The Morgan fingerprint density at radius 3 is 2.56 bits per heavy atom. The van der Waals surface area contributed by atoms with Gasteiger partial charge in [-0.1, -0.05) is 23.7 Å². The van der Waals surface area contributed by atoms with Crippen molar-refractivity contribution in [2.75, 3.05) is 17.7 Å². The van der Waals surface area contributed by atoms with E-state index in [-0.39, 0.29) is 6.42 Å². The molecule has 0 aliphatic heterocycles. The van der Waals surface area contributed by atoms with Crippen LogP contribution in [-0.4, -0.2) is 30.3 Å². The lowest BCUT2D eigenvalue weighted by Gasteiger charge is -2.15. The van der Waals surface area contributed by atoms with Crippen molar-refractivity contribution in [3.8, 4) is 5.75 Å². The fourth-order valence-corrected chi connectivity index (χ4v) is 3.14. The first kappa shape index (κ1) is 21.1. The van der Waals surface area contributed by atoms with E-state index < -0.39 is 18.0 Å². The maximum atomic E-state index is 12.3. The standard InChI is InChI=1S/C20H22ClNO4S/c1-3-25-18-7-5-4-6-17(18)22-20(24)14(2)26-19(23)12-13-27-16-10-8-15(21)9-11-16/h4-11,14H,3,12-13H2,1-2H3,(H,22,24)/t14-/m0/s1. The van der Waals surface area contributed by atoms with E-state index in [0.717, 1.165) is 4.90 Å². The van der Waals surface area contributed by atoms with Crippen molar-refractivity contribution >= 4 is 40.9 Å². The third-order valence-electron chi connectivity index (χ3n) is 3.51. The maximum absolute atomic E-state index is 12.3. The van der Waals surface area contributed by atoms with Gasteiger partial charge in [0.15, 0.2) is 6.10 Å². The van der Waals surface area contributed by atoms with Crippen molar-refractivity contribution in [2.24, 2.45) is 0 Å². The number of para-hydroxylation sites is 2. The number of anilines is 1. The van der Waals surface area contributed by atoms with Crippen molar-refractivity contribution in [1.82, 2.24) is 0 Å². The molecule has 0 unspecified atom stereocenters. The van der Waals surface area contributed by atoms with Crippen LogP contribution in [0.5, 0.6) is 5.75 Å². The summed E-state index contributed by atoms with van der Waals surface area (Å²) in [7, 11) is 0. The average molecular weight is 408 g/mol. The van der Waals surface area contributed by atoms with Gasteiger partial charge in [0.2, 0.25) is 0 Å². The summed E-state index contributed by atoms with van der Waals surface area (Å²) in [4.78, 5) is 25.3. The predicted molar refractivity (Wildman–Crippen MR) is 109 cm³/mol. The van der Waals surface area contributed by atoms with Crippen LogP contribution in [0, 0.1) is 0 Å². The van der Waals surface area contributed by atoms with E-state index in [0.29, 0.717) is 28.8 Å². The van der Waals surface area contributed by atoms with E-state index in [1.54, 1.807) is 37.3 Å². The number of halogens is 1. The third-order valence-corrected chi connectivity index (χ3v) is 4.78. The van der Waals surface area contributed by atoms with E-state index in [1.807, 2.05) is 25.1 Å². The van der Waals surface area contributed by atoms with Gasteiger partial charge in [-0.3, -0.25) is 9.59 Å². The number of benzene rings is 2. The zero-order valence-corrected chi connectivity index (χ0v) is 16.8. The summed E-state index contributed by atoms with van der Waals surface area (Å²) in [6.07, 6.45) is -0.687. The van der Waals surface area contributed by atoms with Crippen molar-refractivity contribution in [3.63, 3.8) is 0 Å². The van der Waals surface area contributed by atoms with Crippen LogP contribution in [0.15, 0.2) is 53.4 Å². The molecule has 0 aliphatic carbocycles. The lowest BCUT2D eigenvalue weighted by atomic mass is 10.2. The van der Waals surface area contributed by atoms with Crippen LogP contribution in [0.1, 0.15) is 20.3 Å². The van der Waals surface area contributed by atoms with Gasteiger partial charge in [0.1, 0.15) is 5.75 Å². The third kappa shape index (κ3) is 7.15. The van der Waals surface area contributed by atoms with E-state index in [4.69, 9.17) is 21.1 Å². The largest absolute Gasteiger partial charge is 0.492 e. The zero-order valence-electron chi connectivity index (χ0n) is 15.2. The molecule has 0 fully saturated rings. The van der Waals surface area contributed by atoms with Gasteiger partial charge in [0.05, 0.1) is 18.7 Å². The minimum atomic E-state index is -0.896. The van der Waals surface area contributed by atoms with E-state index in [1.165, 1.54) is 11.8 Å². The number of rotatable bonds is 9. The molecule has 1 atom stereocenters. The number of esters is 1. The Balaban J connectivity index is 1.78. The lowest BCUT2D eigenvalue weighted by molar-refractivity contribution is -0.152. The predicted octanol–water partition coefficient (Wildman–Crippen LogP) is 4.79. The quantitative estimate of drug-likeness (QED) is 0.478. The second kappa shape index (κ2) is 10.8. The molecule has 0 spiro atoms. The summed E-state index contributed by atoms with van der Waals surface area (Å²) < 4.78 is 10.7. The SMILES string of the molecule is CCOc1ccccc1NC(=O)[C@H](C)OC(=O)CCSc1ccc(Cl)cc1. The molecule has 0 bridgehead atoms. The van der Waals surface area contributed by atoms with E-state index >= 15 is 0 Å². The number of nitrogens with one attached hydrogen (secondary N) is 1. The molecule has 0 aromatic heterocycles. The minimum absolute atomic E-state index is 0.209. The van der Waals surface area contributed by atoms with Crippen LogP contribution in [0.25, 0.3) is 0 Å². The summed E-state index contributed by atoms with van der Waals surface area (Å²) in [6.45, 7) is 3.90. The Bertz CT molecular complexity index is 767. The van der Waals surface area contributed by atoms with Gasteiger partial charge in [-0.25, -0.2) is 0 Å². The number of carbonyl (C=O) groups is 2. The highest BCUT2D eigenvalue weighted by Crippen LogP contribution is 2.24. The summed E-state index contributed by atoms with van der Waals surface area (Å²) in [6, 6.07) is 14.5. The lowest BCUT2D eigenvalue weighted by Crippen LogP contribution is -2.30. The molecule has 5 nitrogen and oxygen atoms in total. The Kier molecular flexibility index (Phi) is 8.48. The highest BCUT2D eigenvalue weighted by atomic mass is 35.5. The summed E-state index contributed by atoms with van der Waals surface area (Å²) in [5.74, 6) is 0.312. The van der Waals surface area contributed by atoms with Crippen LogP contribution in [0.3, 0.4) is 0 Å². The number of ether oxygens (including phenoxy) is 2. The van der Waals surface area contributed by atoms with Gasteiger partial charge < -0.3 is 14.8 Å². The van der Waals surface area contributed by atoms with Gasteiger partial charge in [0, 0.05) is 15.7 Å².